The molecule has 0 spiro atoms. The Kier molecular flexibility index (Phi) is 3.15. The Hall–Kier alpha value is 0.350. The van der Waals surface area contributed by atoms with E-state index in [1.807, 2.05) is 6.92 Å². The summed E-state index contributed by atoms with van der Waals surface area (Å²) in [5, 5.41) is 0. The first kappa shape index (κ1) is 12.8. The van der Waals surface area contributed by atoms with Gasteiger partial charge in [0.15, 0.2) is 0 Å². The number of benzene rings is 1. The van der Waals surface area contributed by atoms with Gasteiger partial charge in [-0.1, -0.05) is 15.9 Å². The third kappa shape index (κ3) is 1.57. The smallest absolute Gasteiger partial charge is 0.205 e. The lowest BCUT2D eigenvalue weighted by Gasteiger charge is -2.08. The lowest BCUT2D eigenvalue weighted by molar-refractivity contribution is 0.602. The van der Waals surface area contributed by atoms with Crippen molar-refractivity contribution in [2.45, 2.75) is 18.7 Å². The maximum atomic E-state index is 12.1. The number of allylic oxidation sites excluding steroid dienone is 1. The molecule has 16 heavy (non-hydrogen) atoms. The molecule has 0 atom stereocenters. The minimum absolute atomic E-state index is 0.359. The monoisotopic (exact) mass is 428 g/mol. The molecule has 0 aliphatic carbocycles. The molecule has 86 valence electrons. The van der Waals surface area contributed by atoms with Crippen molar-refractivity contribution < 1.29 is 8.42 Å². The Bertz CT molecular complexity index is 630. The van der Waals surface area contributed by atoms with Gasteiger partial charge in [0.1, 0.15) is 0 Å². The highest BCUT2D eigenvalue weighted by atomic mass is 79.9. The van der Waals surface area contributed by atoms with Crippen molar-refractivity contribution in [2.24, 2.45) is 0 Å². The van der Waals surface area contributed by atoms with Crippen molar-refractivity contribution in [1.29, 1.82) is 0 Å². The predicted octanol–water partition coefficient (Wildman–Crippen LogP) is 4.39. The summed E-state index contributed by atoms with van der Waals surface area (Å²) >= 11 is 10.1. The highest BCUT2D eigenvalue weighted by Gasteiger charge is 2.35. The summed E-state index contributed by atoms with van der Waals surface area (Å²) in [5.41, 5.74) is 1.67. The van der Waals surface area contributed by atoms with Crippen LogP contribution >= 0.6 is 47.8 Å². The van der Waals surface area contributed by atoms with Crippen molar-refractivity contribution >= 4 is 62.1 Å². The molecule has 0 radical (unpaired) electrons. The van der Waals surface area contributed by atoms with E-state index in [9.17, 15) is 8.42 Å². The normalized spacial score (nSPS) is 17.8. The van der Waals surface area contributed by atoms with E-state index in [1.165, 1.54) is 0 Å². The molecule has 1 aromatic rings. The number of hydrogen-bond acceptors (Lipinski definition) is 2. The van der Waals surface area contributed by atoms with Gasteiger partial charge in [-0.3, -0.25) is 0 Å². The van der Waals surface area contributed by atoms with E-state index >= 15 is 0 Å². The summed E-state index contributed by atoms with van der Waals surface area (Å²) in [7, 11) is -3.34. The van der Waals surface area contributed by atoms with E-state index < -0.39 is 9.84 Å². The zero-order chi connectivity index (χ0) is 12.2. The highest BCUT2D eigenvalue weighted by molar-refractivity contribution is 9.15. The molecule has 1 heterocycles. The Labute approximate surface area is 119 Å². The van der Waals surface area contributed by atoms with Crippen LogP contribution in [0.25, 0.3) is 4.48 Å². The Balaban J connectivity index is 3.03. The first-order chi connectivity index (χ1) is 7.28. The molecule has 6 heteroatoms. The topological polar surface area (TPSA) is 34.1 Å². The van der Waals surface area contributed by atoms with Crippen LogP contribution in [0.15, 0.2) is 24.8 Å². The number of halogens is 3. The van der Waals surface area contributed by atoms with Crippen molar-refractivity contribution in [3.8, 4) is 0 Å². The minimum Gasteiger partial charge on any atom is -0.219 e. The molecule has 1 aromatic carbocycles. The van der Waals surface area contributed by atoms with Crippen LogP contribution in [0.1, 0.15) is 18.1 Å². The maximum absolute atomic E-state index is 12.1. The van der Waals surface area contributed by atoms with Crippen LogP contribution < -0.4 is 0 Å². The maximum Gasteiger partial charge on any atom is 0.205 e. The van der Waals surface area contributed by atoms with E-state index in [1.54, 1.807) is 13.0 Å². The van der Waals surface area contributed by atoms with Gasteiger partial charge in [-0.15, -0.1) is 0 Å². The number of rotatable bonds is 0. The lowest BCUT2D eigenvalue weighted by atomic mass is 10.1. The molecule has 0 amide bonds. The fourth-order valence-electron chi connectivity index (χ4n) is 1.67. The lowest BCUT2D eigenvalue weighted by Crippen LogP contribution is -2.00. The van der Waals surface area contributed by atoms with Crippen LogP contribution in [0, 0.1) is 6.92 Å². The molecule has 0 aromatic heterocycles. The second-order valence-corrected chi connectivity index (χ2v) is 8.07. The second kappa shape index (κ2) is 3.93. The Morgan fingerprint density at radius 1 is 1.06 bits per heavy atom. The molecule has 2 rings (SSSR count). The molecule has 2 nitrogen and oxygen atoms in total. The SMILES string of the molecule is CC1=C(Br)c2c(C)c(Br)cc(Br)c2S1(=O)=O. The highest BCUT2D eigenvalue weighted by Crippen LogP contribution is 2.48. The largest absolute Gasteiger partial charge is 0.219 e. The van der Waals surface area contributed by atoms with Gasteiger partial charge in [-0.25, -0.2) is 8.42 Å². The number of hydrogen-bond donors (Lipinski definition) is 0. The number of sulfone groups is 1. The van der Waals surface area contributed by atoms with Gasteiger partial charge < -0.3 is 0 Å². The Morgan fingerprint density at radius 2 is 1.62 bits per heavy atom. The summed E-state index contributed by atoms with van der Waals surface area (Å²) < 4.78 is 26.4. The molecule has 0 saturated carbocycles. The van der Waals surface area contributed by atoms with Crippen LogP contribution in [-0.4, -0.2) is 8.42 Å². The fraction of sp³-hybridized carbons (Fsp3) is 0.200. The van der Waals surface area contributed by atoms with Gasteiger partial charge in [0, 0.05) is 19.0 Å². The van der Waals surface area contributed by atoms with Crippen LogP contribution in [0.5, 0.6) is 0 Å². The molecule has 0 saturated heterocycles. The molecular formula is C10H7Br3O2S. The van der Waals surface area contributed by atoms with Crippen LogP contribution in [0.3, 0.4) is 0 Å². The molecule has 1 aliphatic heterocycles. The number of fused-ring (bicyclic) bond motifs is 1. The zero-order valence-electron chi connectivity index (χ0n) is 8.44. The van der Waals surface area contributed by atoms with Crippen LogP contribution in [0.4, 0.5) is 0 Å². The van der Waals surface area contributed by atoms with E-state index in [0.717, 1.165) is 15.6 Å². The van der Waals surface area contributed by atoms with Crippen LogP contribution in [-0.2, 0) is 9.84 Å². The molecule has 0 fully saturated rings. The quantitative estimate of drug-likeness (QED) is 0.611. The van der Waals surface area contributed by atoms with Gasteiger partial charge in [0.2, 0.25) is 9.84 Å². The third-order valence-corrected chi connectivity index (χ3v) is 7.57. The van der Waals surface area contributed by atoms with Crippen molar-refractivity contribution in [3.63, 3.8) is 0 Å². The van der Waals surface area contributed by atoms with Crippen molar-refractivity contribution in [3.05, 3.63) is 31.0 Å². The van der Waals surface area contributed by atoms with E-state index in [-0.39, 0.29) is 0 Å². The molecule has 0 unspecified atom stereocenters. The van der Waals surface area contributed by atoms with Gasteiger partial charge in [-0.05, 0) is 57.3 Å². The standard InChI is InChI=1S/C10H7Br3O2S/c1-4-6(11)3-7(12)10-8(4)9(13)5(2)16(10,14)15/h3H,1-2H3. The first-order valence-electron chi connectivity index (χ1n) is 4.39. The molecular weight excluding hydrogens is 424 g/mol. The van der Waals surface area contributed by atoms with Gasteiger partial charge in [0.25, 0.3) is 0 Å². The average Bonchev–Trinajstić information content (AvgIpc) is 2.36. The third-order valence-electron chi connectivity index (χ3n) is 2.63. The van der Waals surface area contributed by atoms with Crippen molar-refractivity contribution in [1.82, 2.24) is 0 Å². The summed E-state index contributed by atoms with van der Waals surface area (Å²) in [6.45, 7) is 3.50. The van der Waals surface area contributed by atoms with E-state index in [0.29, 0.717) is 18.8 Å². The van der Waals surface area contributed by atoms with Gasteiger partial charge in [0.05, 0.1) is 9.80 Å². The second-order valence-electron chi connectivity index (χ2n) is 3.54. The average molecular weight is 431 g/mol. The van der Waals surface area contributed by atoms with Gasteiger partial charge >= 0.3 is 0 Å². The minimum atomic E-state index is -3.34. The summed E-state index contributed by atoms with van der Waals surface area (Å²) in [4.78, 5) is 0.724. The molecule has 0 bridgehead atoms. The molecule has 0 N–H and O–H groups in total. The fourth-order valence-corrected chi connectivity index (χ4v) is 6.22. The molecule has 1 aliphatic rings. The van der Waals surface area contributed by atoms with E-state index in [2.05, 4.69) is 47.8 Å². The summed E-state index contributed by atoms with van der Waals surface area (Å²) in [6.07, 6.45) is 0. The van der Waals surface area contributed by atoms with Gasteiger partial charge in [-0.2, -0.15) is 0 Å². The van der Waals surface area contributed by atoms with E-state index in [4.69, 9.17) is 0 Å². The summed E-state index contributed by atoms with van der Waals surface area (Å²) in [5.74, 6) is 0. The zero-order valence-corrected chi connectivity index (χ0v) is 14.0. The Morgan fingerprint density at radius 3 is 2.19 bits per heavy atom. The predicted molar refractivity (Wildman–Crippen MR) is 75.3 cm³/mol. The summed E-state index contributed by atoms with van der Waals surface area (Å²) in [6, 6.07) is 1.77. The van der Waals surface area contributed by atoms with Crippen LogP contribution in [0.2, 0.25) is 0 Å². The first-order valence-corrected chi connectivity index (χ1v) is 8.25. The van der Waals surface area contributed by atoms with Crippen molar-refractivity contribution in [2.75, 3.05) is 0 Å².